The maximum absolute atomic E-state index is 10.2. The van der Waals surface area contributed by atoms with Crippen molar-refractivity contribution < 1.29 is 14.6 Å². The SMILES string of the molecule is OC(CNC(c1ccccc1)C1CC1)COC1CCOCC1. The van der Waals surface area contributed by atoms with Gasteiger partial charge in [-0.25, -0.2) is 0 Å². The molecular weight excluding hydrogens is 278 g/mol. The van der Waals surface area contributed by atoms with Crippen LogP contribution in [-0.2, 0) is 9.47 Å². The summed E-state index contributed by atoms with van der Waals surface area (Å²) in [5.41, 5.74) is 1.32. The van der Waals surface area contributed by atoms with Crippen molar-refractivity contribution in [2.75, 3.05) is 26.4 Å². The Hall–Kier alpha value is -0.940. The second-order valence-corrected chi connectivity index (χ2v) is 6.43. The molecule has 122 valence electrons. The minimum atomic E-state index is -0.451. The lowest BCUT2D eigenvalue weighted by Crippen LogP contribution is -2.35. The molecule has 0 spiro atoms. The lowest BCUT2D eigenvalue weighted by molar-refractivity contribution is -0.0589. The van der Waals surface area contributed by atoms with E-state index in [1.165, 1.54) is 18.4 Å². The molecule has 1 aliphatic heterocycles. The van der Waals surface area contributed by atoms with Crippen molar-refractivity contribution in [1.82, 2.24) is 5.32 Å². The van der Waals surface area contributed by atoms with Crippen molar-refractivity contribution in [1.29, 1.82) is 0 Å². The molecule has 0 aromatic heterocycles. The van der Waals surface area contributed by atoms with E-state index >= 15 is 0 Å². The Morgan fingerprint density at radius 3 is 2.55 bits per heavy atom. The molecule has 4 nitrogen and oxygen atoms in total. The van der Waals surface area contributed by atoms with Gasteiger partial charge in [0.15, 0.2) is 0 Å². The van der Waals surface area contributed by atoms with Crippen molar-refractivity contribution in [2.45, 2.75) is 43.9 Å². The van der Waals surface area contributed by atoms with Gasteiger partial charge >= 0.3 is 0 Å². The van der Waals surface area contributed by atoms with Crippen molar-refractivity contribution >= 4 is 0 Å². The number of nitrogens with one attached hydrogen (secondary N) is 1. The van der Waals surface area contributed by atoms with Crippen LogP contribution in [-0.4, -0.2) is 43.7 Å². The van der Waals surface area contributed by atoms with Gasteiger partial charge in [0.05, 0.1) is 18.8 Å². The normalized spacial score (nSPS) is 22.4. The van der Waals surface area contributed by atoms with E-state index in [0.29, 0.717) is 25.1 Å². The highest BCUT2D eigenvalue weighted by Gasteiger charge is 2.32. The first kappa shape index (κ1) is 15.9. The molecule has 2 aliphatic rings. The first-order valence-corrected chi connectivity index (χ1v) is 8.48. The van der Waals surface area contributed by atoms with Crippen molar-refractivity contribution in [3.8, 4) is 0 Å². The van der Waals surface area contributed by atoms with Gasteiger partial charge in [-0.3, -0.25) is 0 Å². The molecule has 1 saturated carbocycles. The summed E-state index contributed by atoms with van der Waals surface area (Å²) in [5, 5.41) is 13.7. The molecule has 1 heterocycles. The van der Waals surface area contributed by atoms with Crippen LogP contribution in [0.3, 0.4) is 0 Å². The zero-order chi connectivity index (χ0) is 15.2. The monoisotopic (exact) mass is 305 g/mol. The quantitative estimate of drug-likeness (QED) is 0.774. The van der Waals surface area contributed by atoms with Crippen LogP contribution in [0.15, 0.2) is 30.3 Å². The molecule has 1 saturated heterocycles. The summed E-state index contributed by atoms with van der Waals surface area (Å²) < 4.78 is 11.1. The molecule has 2 unspecified atom stereocenters. The molecule has 1 aliphatic carbocycles. The summed E-state index contributed by atoms with van der Waals surface area (Å²) >= 11 is 0. The van der Waals surface area contributed by atoms with Crippen LogP contribution in [0.4, 0.5) is 0 Å². The maximum atomic E-state index is 10.2. The average Bonchev–Trinajstić information content (AvgIpc) is 3.40. The van der Waals surface area contributed by atoms with E-state index in [0.717, 1.165) is 26.1 Å². The maximum Gasteiger partial charge on any atom is 0.0898 e. The number of ether oxygens (including phenoxy) is 2. The van der Waals surface area contributed by atoms with Crippen LogP contribution in [0.1, 0.15) is 37.3 Å². The Morgan fingerprint density at radius 1 is 1.14 bits per heavy atom. The lowest BCUT2D eigenvalue weighted by atomic mass is 10.0. The van der Waals surface area contributed by atoms with Gasteiger partial charge in [0.25, 0.3) is 0 Å². The van der Waals surface area contributed by atoms with Gasteiger partial charge in [-0.05, 0) is 37.2 Å². The van der Waals surface area contributed by atoms with Gasteiger partial charge in [-0.2, -0.15) is 0 Å². The van der Waals surface area contributed by atoms with Gasteiger partial charge in [-0.1, -0.05) is 30.3 Å². The number of aliphatic hydroxyl groups excluding tert-OH is 1. The second-order valence-electron chi connectivity index (χ2n) is 6.43. The minimum Gasteiger partial charge on any atom is -0.389 e. The van der Waals surface area contributed by atoms with Crippen molar-refractivity contribution in [3.63, 3.8) is 0 Å². The Kier molecular flexibility index (Phi) is 5.84. The van der Waals surface area contributed by atoms with Crippen LogP contribution in [0.25, 0.3) is 0 Å². The Balaban J connectivity index is 1.41. The van der Waals surface area contributed by atoms with E-state index in [1.54, 1.807) is 0 Å². The molecule has 22 heavy (non-hydrogen) atoms. The van der Waals surface area contributed by atoms with Crippen molar-refractivity contribution in [2.24, 2.45) is 5.92 Å². The molecule has 2 fully saturated rings. The largest absolute Gasteiger partial charge is 0.389 e. The van der Waals surface area contributed by atoms with E-state index in [-0.39, 0.29) is 6.10 Å². The topological polar surface area (TPSA) is 50.7 Å². The summed E-state index contributed by atoms with van der Waals surface area (Å²) in [5.74, 6) is 0.714. The average molecular weight is 305 g/mol. The summed E-state index contributed by atoms with van der Waals surface area (Å²) in [6.07, 6.45) is 4.23. The van der Waals surface area contributed by atoms with Gasteiger partial charge in [0.1, 0.15) is 0 Å². The summed E-state index contributed by atoms with van der Waals surface area (Å²) in [4.78, 5) is 0. The Morgan fingerprint density at radius 2 is 1.86 bits per heavy atom. The zero-order valence-electron chi connectivity index (χ0n) is 13.1. The summed E-state index contributed by atoms with van der Waals surface area (Å²) in [6, 6.07) is 10.9. The third-order valence-corrected chi connectivity index (χ3v) is 4.52. The van der Waals surface area contributed by atoms with Gasteiger partial charge in [0.2, 0.25) is 0 Å². The van der Waals surface area contributed by atoms with Crippen LogP contribution in [0.5, 0.6) is 0 Å². The van der Waals surface area contributed by atoms with E-state index in [1.807, 2.05) is 6.07 Å². The number of hydrogen-bond donors (Lipinski definition) is 2. The predicted molar refractivity (Wildman–Crippen MR) is 85.7 cm³/mol. The summed E-state index contributed by atoms with van der Waals surface area (Å²) in [7, 11) is 0. The van der Waals surface area contributed by atoms with E-state index in [9.17, 15) is 5.11 Å². The number of hydrogen-bond acceptors (Lipinski definition) is 4. The third-order valence-electron chi connectivity index (χ3n) is 4.52. The van der Waals surface area contributed by atoms with Crippen LogP contribution in [0.2, 0.25) is 0 Å². The first-order valence-electron chi connectivity index (χ1n) is 8.48. The molecule has 0 radical (unpaired) electrons. The van der Waals surface area contributed by atoms with Gasteiger partial charge in [-0.15, -0.1) is 0 Å². The Labute approximate surface area is 132 Å². The highest BCUT2D eigenvalue weighted by Crippen LogP contribution is 2.40. The predicted octanol–water partition coefficient (Wildman–Crippen LogP) is 2.28. The standard InChI is InChI=1S/C18H27NO3/c20-16(13-22-17-8-10-21-11-9-17)12-19-18(15-6-7-15)14-4-2-1-3-5-14/h1-5,15-20H,6-13H2. The molecule has 2 atom stereocenters. The fourth-order valence-corrected chi connectivity index (χ4v) is 3.06. The van der Waals surface area contributed by atoms with Gasteiger partial charge in [0, 0.05) is 25.8 Å². The highest BCUT2D eigenvalue weighted by atomic mass is 16.5. The first-order chi connectivity index (χ1) is 10.8. The molecular formula is C18H27NO3. The molecule has 0 bridgehead atoms. The van der Waals surface area contributed by atoms with Crippen molar-refractivity contribution in [3.05, 3.63) is 35.9 Å². The second kappa shape index (κ2) is 8.06. The highest BCUT2D eigenvalue weighted by molar-refractivity contribution is 5.21. The lowest BCUT2D eigenvalue weighted by Gasteiger charge is -2.25. The number of benzene rings is 1. The molecule has 1 aromatic carbocycles. The number of aliphatic hydroxyl groups is 1. The third kappa shape index (κ3) is 4.78. The molecule has 0 amide bonds. The van der Waals surface area contributed by atoms with E-state index in [2.05, 4.69) is 29.6 Å². The fraction of sp³-hybridized carbons (Fsp3) is 0.667. The zero-order valence-corrected chi connectivity index (χ0v) is 13.1. The van der Waals surface area contributed by atoms with Crippen LogP contribution < -0.4 is 5.32 Å². The van der Waals surface area contributed by atoms with E-state index in [4.69, 9.17) is 9.47 Å². The molecule has 3 rings (SSSR count). The number of rotatable bonds is 8. The minimum absolute atomic E-state index is 0.247. The Bertz CT molecular complexity index is 429. The molecule has 4 heteroatoms. The molecule has 2 N–H and O–H groups in total. The van der Waals surface area contributed by atoms with Gasteiger partial charge < -0.3 is 19.9 Å². The van der Waals surface area contributed by atoms with Crippen LogP contribution >= 0.6 is 0 Å². The fourth-order valence-electron chi connectivity index (χ4n) is 3.06. The van der Waals surface area contributed by atoms with E-state index < -0.39 is 6.10 Å². The smallest absolute Gasteiger partial charge is 0.0898 e. The molecule has 1 aromatic rings. The summed E-state index contributed by atoms with van der Waals surface area (Å²) in [6.45, 7) is 2.54. The van der Waals surface area contributed by atoms with Crippen LogP contribution in [0, 0.1) is 5.92 Å².